The summed E-state index contributed by atoms with van der Waals surface area (Å²) in [6, 6.07) is 5.70. The molecule has 10 nitrogen and oxygen atoms in total. The predicted octanol–water partition coefficient (Wildman–Crippen LogP) is 5.04. The molecule has 0 aromatic heterocycles. The maximum absolute atomic E-state index is 11.9. The summed E-state index contributed by atoms with van der Waals surface area (Å²) in [4.78, 5) is 34.1. The lowest BCUT2D eigenvalue weighted by Crippen LogP contribution is -2.24. The number of aliphatic hydroxyl groups is 4. The van der Waals surface area contributed by atoms with Gasteiger partial charge in [0, 0.05) is 6.42 Å². The van der Waals surface area contributed by atoms with E-state index in [9.17, 15) is 14.4 Å². The number of carbonyl (C=O) groups is 3. The molecule has 0 saturated heterocycles. The van der Waals surface area contributed by atoms with Gasteiger partial charge in [-0.15, -0.1) is 0 Å². The summed E-state index contributed by atoms with van der Waals surface area (Å²) in [6.07, 6.45) is 17.8. The predicted molar refractivity (Wildman–Crippen MR) is 160 cm³/mol. The monoisotopic (exact) mass is 598 g/mol. The van der Waals surface area contributed by atoms with Crippen LogP contribution >= 0.6 is 0 Å². The normalized spacial score (nSPS) is 12.1. The maximum atomic E-state index is 11.9. The zero-order valence-electron chi connectivity index (χ0n) is 25.4. The van der Waals surface area contributed by atoms with E-state index in [0.717, 1.165) is 12.8 Å². The lowest BCUT2D eigenvalue weighted by Gasteiger charge is -2.12. The van der Waals surface area contributed by atoms with Crippen molar-refractivity contribution in [3.63, 3.8) is 0 Å². The van der Waals surface area contributed by atoms with E-state index in [-0.39, 0.29) is 11.1 Å². The Morgan fingerprint density at radius 2 is 0.952 bits per heavy atom. The van der Waals surface area contributed by atoms with Gasteiger partial charge in [-0.1, -0.05) is 109 Å². The highest BCUT2D eigenvalue weighted by Crippen LogP contribution is 2.14. The average Bonchev–Trinajstić information content (AvgIpc) is 3.00. The number of carboxylic acids is 1. The summed E-state index contributed by atoms with van der Waals surface area (Å²) in [5.74, 6) is -2.37. The third kappa shape index (κ3) is 22.1. The fourth-order valence-corrected chi connectivity index (χ4v) is 4.09. The number of carbonyl (C=O) groups excluding carboxylic acids is 2. The summed E-state index contributed by atoms with van der Waals surface area (Å²) in [6.45, 7) is 0.322. The Labute approximate surface area is 251 Å². The minimum Gasteiger partial charge on any atom is -0.481 e. The first-order valence-electron chi connectivity index (χ1n) is 15.5. The van der Waals surface area contributed by atoms with Gasteiger partial charge in [0.1, 0.15) is 25.4 Å². The number of unbranched alkanes of at least 4 members (excludes halogenated alkanes) is 14. The maximum Gasteiger partial charge on any atom is 0.339 e. The van der Waals surface area contributed by atoms with Crippen LogP contribution in [0.3, 0.4) is 0 Å². The SMILES string of the molecule is CCCCCCCCCCCCCCCCCC(=O)O.O=C(OCC(O)CO)c1ccccc1C(=O)OCC(O)CO. The molecule has 0 heterocycles. The van der Waals surface area contributed by atoms with Crippen LogP contribution in [0.5, 0.6) is 0 Å². The van der Waals surface area contributed by atoms with E-state index in [1.165, 1.54) is 108 Å². The smallest absolute Gasteiger partial charge is 0.339 e. The highest BCUT2D eigenvalue weighted by atomic mass is 16.6. The number of rotatable bonds is 24. The summed E-state index contributed by atoms with van der Waals surface area (Å²) >= 11 is 0. The fraction of sp³-hybridized carbons (Fsp3) is 0.719. The van der Waals surface area contributed by atoms with Crippen LogP contribution in [0.15, 0.2) is 24.3 Å². The Balaban J connectivity index is 0.000000805. The minimum atomic E-state index is -1.21. The number of carboxylic acid groups (broad SMARTS) is 1. The van der Waals surface area contributed by atoms with E-state index in [0.29, 0.717) is 6.42 Å². The standard InChI is InChI=1S/C18H36O2.C14H18O8/c1-2-3-4-5-6-7-8-9-10-11-12-13-14-15-16-17-18(19)20;15-5-9(17)7-21-13(19)11-3-1-2-4-12(11)14(20)22-8-10(18)6-16/h2-17H2,1H3,(H,19,20);1-4,9-10,15-18H,5-8H2. The third-order valence-corrected chi connectivity index (χ3v) is 6.60. The molecule has 0 radical (unpaired) electrons. The molecule has 0 aliphatic rings. The molecule has 2 unspecified atom stereocenters. The zero-order valence-corrected chi connectivity index (χ0v) is 25.4. The molecule has 2 atom stereocenters. The Bertz CT molecular complexity index is 784. The molecule has 0 bridgehead atoms. The van der Waals surface area contributed by atoms with Crippen molar-refractivity contribution in [2.45, 2.75) is 122 Å². The second kappa shape index (κ2) is 27.3. The summed E-state index contributed by atoms with van der Waals surface area (Å²) in [5, 5.41) is 44.1. The largest absolute Gasteiger partial charge is 0.481 e. The van der Waals surface area contributed by atoms with Gasteiger partial charge in [-0.25, -0.2) is 9.59 Å². The molecule has 242 valence electrons. The molecule has 0 fully saturated rings. The van der Waals surface area contributed by atoms with Crippen LogP contribution in [0, 0.1) is 0 Å². The molecular weight excluding hydrogens is 544 g/mol. The van der Waals surface area contributed by atoms with Crippen LogP contribution in [-0.2, 0) is 14.3 Å². The quantitative estimate of drug-likeness (QED) is 0.0802. The van der Waals surface area contributed by atoms with Crippen LogP contribution in [0.2, 0.25) is 0 Å². The van der Waals surface area contributed by atoms with Crippen molar-refractivity contribution in [1.82, 2.24) is 0 Å². The van der Waals surface area contributed by atoms with Gasteiger partial charge in [0.15, 0.2) is 0 Å². The molecule has 1 aromatic carbocycles. The highest BCUT2D eigenvalue weighted by molar-refractivity contribution is 6.03. The number of hydrogen-bond acceptors (Lipinski definition) is 9. The zero-order chi connectivity index (χ0) is 31.4. The fourth-order valence-electron chi connectivity index (χ4n) is 4.09. The van der Waals surface area contributed by atoms with Gasteiger partial charge in [0.2, 0.25) is 0 Å². The van der Waals surface area contributed by atoms with Gasteiger partial charge in [-0.05, 0) is 18.6 Å². The van der Waals surface area contributed by atoms with Gasteiger partial charge >= 0.3 is 17.9 Å². The Kier molecular flexibility index (Phi) is 25.7. The minimum absolute atomic E-state index is 0.0730. The Morgan fingerprint density at radius 3 is 1.26 bits per heavy atom. The van der Waals surface area contributed by atoms with Crippen molar-refractivity contribution in [2.75, 3.05) is 26.4 Å². The van der Waals surface area contributed by atoms with E-state index in [4.69, 9.17) is 35.0 Å². The first-order valence-corrected chi connectivity index (χ1v) is 15.5. The van der Waals surface area contributed by atoms with Crippen LogP contribution in [0.4, 0.5) is 0 Å². The molecule has 5 N–H and O–H groups in total. The van der Waals surface area contributed by atoms with Crippen molar-refractivity contribution >= 4 is 17.9 Å². The van der Waals surface area contributed by atoms with E-state index in [1.807, 2.05) is 0 Å². The van der Waals surface area contributed by atoms with E-state index in [2.05, 4.69) is 6.92 Å². The van der Waals surface area contributed by atoms with E-state index in [1.54, 1.807) is 0 Å². The number of hydrogen-bond donors (Lipinski definition) is 5. The van der Waals surface area contributed by atoms with E-state index >= 15 is 0 Å². The summed E-state index contributed by atoms with van der Waals surface area (Å²) in [7, 11) is 0. The van der Waals surface area contributed by atoms with Gasteiger partial charge in [0.05, 0.1) is 24.3 Å². The summed E-state index contributed by atoms with van der Waals surface area (Å²) < 4.78 is 9.54. The molecule has 10 heteroatoms. The molecule has 1 aromatic rings. The van der Waals surface area contributed by atoms with Crippen LogP contribution < -0.4 is 0 Å². The number of ether oxygens (including phenoxy) is 2. The number of esters is 2. The Hall–Kier alpha value is -2.53. The summed E-state index contributed by atoms with van der Waals surface area (Å²) in [5.41, 5.74) is -0.146. The van der Waals surface area contributed by atoms with Gasteiger partial charge in [-0.3, -0.25) is 4.79 Å². The molecule has 0 spiro atoms. The third-order valence-electron chi connectivity index (χ3n) is 6.60. The van der Waals surface area contributed by atoms with Gasteiger partial charge in [-0.2, -0.15) is 0 Å². The van der Waals surface area contributed by atoms with Crippen molar-refractivity contribution in [3.8, 4) is 0 Å². The molecule has 0 saturated carbocycles. The van der Waals surface area contributed by atoms with Crippen LogP contribution in [0.25, 0.3) is 0 Å². The Morgan fingerprint density at radius 1 is 0.619 bits per heavy atom. The molecule has 42 heavy (non-hydrogen) atoms. The number of benzene rings is 1. The molecule has 0 aliphatic heterocycles. The van der Waals surface area contributed by atoms with Crippen molar-refractivity contribution in [3.05, 3.63) is 35.4 Å². The number of aliphatic carboxylic acids is 1. The lowest BCUT2D eigenvalue weighted by molar-refractivity contribution is -0.137. The van der Waals surface area contributed by atoms with E-state index < -0.39 is 56.5 Å². The second-order valence-corrected chi connectivity index (χ2v) is 10.5. The number of aliphatic hydroxyl groups excluding tert-OH is 4. The topological polar surface area (TPSA) is 171 Å². The second-order valence-electron chi connectivity index (χ2n) is 10.5. The first kappa shape index (κ1) is 39.5. The van der Waals surface area contributed by atoms with Crippen molar-refractivity contribution in [2.24, 2.45) is 0 Å². The lowest BCUT2D eigenvalue weighted by atomic mass is 10.0. The van der Waals surface area contributed by atoms with Crippen molar-refractivity contribution < 1.29 is 49.4 Å². The van der Waals surface area contributed by atoms with Gasteiger partial charge in [0.25, 0.3) is 0 Å². The van der Waals surface area contributed by atoms with Crippen LogP contribution in [-0.4, -0.2) is 82.1 Å². The van der Waals surface area contributed by atoms with Crippen LogP contribution in [0.1, 0.15) is 130 Å². The average molecular weight is 599 g/mol. The van der Waals surface area contributed by atoms with Crippen molar-refractivity contribution in [1.29, 1.82) is 0 Å². The molecule has 1 rings (SSSR count). The first-order chi connectivity index (χ1) is 20.3. The van der Waals surface area contributed by atoms with Gasteiger partial charge < -0.3 is 35.0 Å². The molecule has 0 aliphatic carbocycles. The highest BCUT2D eigenvalue weighted by Gasteiger charge is 2.20. The molecule has 0 amide bonds. The molecular formula is C32H54O10.